The molecule has 0 saturated carbocycles. The fourth-order valence-corrected chi connectivity index (χ4v) is 3.28. The summed E-state index contributed by atoms with van der Waals surface area (Å²) in [5.41, 5.74) is 0.991. The van der Waals surface area contributed by atoms with Gasteiger partial charge in [-0.1, -0.05) is 0 Å². The van der Waals surface area contributed by atoms with E-state index < -0.39 is 0 Å². The second-order valence-corrected chi connectivity index (χ2v) is 6.11. The van der Waals surface area contributed by atoms with Crippen LogP contribution in [0.15, 0.2) is 39.8 Å². The van der Waals surface area contributed by atoms with Crippen LogP contribution in [0.2, 0.25) is 0 Å². The molecule has 0 bridgehead atoms. The Morgan fingerprint density at radius 3 is 2.90 bits per heavy atom. The fraction of sp³-hybridized carbons (Fsp3) is 0.154. The number of hydrogen-bond acceptors (Lipinski definition) is 5. The van der Waals surface area contributed by atoms with Crippen molar-refractivity contribution >= 4 is 45.4 Å². The molecule has 0 radical (unpaired) electrons. The number of carbonyl (C=O) groups is 1. The summed E-state index contributed by atoms with van der Waals surface area (Å²) in [6, 6.07) is 3.92. The van der Waals surface area contributed by atoms with Crippen LogP contribution < -0.4 is 0 Å². The quantitative estimate of drug-likeness (QED) is 0.802. The van der Waals surface area contributed by atoms with E-state index in [9.17, 15) is 4.79 Å². The van der Waals surface area contributed by atoms with Gasteiger partial charge in [-0.3, -0.25) is 9.69 Å². The largest absolute Gasteiger partial charge is 0.351 e. The second kappa shape index (κ2) is 5.26. The predicted molar refractivity (Wildman–Crippen MR) is 83.0 cm³/mol. The maximum Gasteiger partial charge on any atom is 0.266 e. The van der Waals surface area contributed by atoms with Crippen LogP contribution in [0.25, 0.3) is 6.08 Å². The number of amidine groups is 1. The molecule has 0 aromatic carbocycles. The molecule has 3 heterocycles. The number of carbonyl (C=O) groups excluding carboxylic acids is 1. The minimum atomic E-state index is -0.0356. The molecule has 0 aliphatic carbocycles. The maximum atomic E-state index is 12.2. The molecule has 3 rings (SSSR count). The van der Waals surface area contributed by atoms with Gasteiger partial charge < -0.3 is 4.57 Å². The average molecular weight is 304 g/mol. The van der Waals surface area contributed by atoms with Crippen molar-refractivity contribution in [3.8, 4) is 0 Å². The van der Waals surface area contributed by atoms with Crippen LogP contribution in [0.1, 0.15) is 5.69 Å². The highest BCUT2D eigenvalue weighted by Crippen LogP contribution is 2.33. The normalized spacial score (nSPS) is 19.5. The molecule has 0 atom stereocenters. The van der Waals surface area contributed by atoms with Gasteiger partial charge in [0.15, 0.2) is 5.17 Å². The molecule has 0 spiro atoms. The summed E-state index contributed by atoms with van der Waals surface area (Å²) in [6.45, 7) is 0. The molecule has 0 N–H and O–H groups in total. The molecule has 1 amide bonds. The van der Waals surface area contributed by atoms with E-state index in [0.717, 1.165) is 5.69 Å². The van der Waals surface area contributed by atoms with Crippen LogP contribution in [-0.4, -0.2) is 32.6 Å². The zero-order valence-corrected chi connectivity index (χ0v) is 12.6. The molecule has 5 nitrogen and oxygen atoms in total. The number of likely N-dealkylation sites (N-methyl/N-ethyl adjacent to an activating group) is 1. The number of amides is 1. The lowest BCUT2D eigenvalue weighted by Crippen LogP contribution is -2.23. The van der Waals surface area contributed by atoms with Crippen molar-refractivity contribution in [3.63, 3.8) is 0 Å². The summed E-state index contributed by atoms with van der Waals surface area (Å²) >= 11 is 2.82. The lowest BCUT2D eigenvalue weighted by molar-refractivity contribution is -0.121. The van der Waals surface area contributed by atoms with Gasteiger partial charge >= 0.3 is 0 Å². The fourth-order valence-electron chi connectivity index (χ4n) is 1.76. The first-order valence-corrected chi connectivity index (χ1v) is 7.62. The zero-order chi connectivity index (χ0) is 14.1. The number of aliphatic imine (C=N–C) groups is 1. The van der Waals surface area contributed by atoms with Crippen molar-refractivity contribution in [2.24, 2.45) is 12.0 Å². The number of thioether (sulfide) groups is 1. The monoisotopic (exact) mass is 304 g/mol. The Hall–Kier alpha value is -1.86. The lowest BCUT2D eigenvalue weighted by atomic mass is 10.3. The molecule has 1 aliphatic heterocycles. The standard InChI is InChI=1S/C13H12N4OS2/c1-16-6-3-4-9(16)8-10-11(18)17(2)13(20-10)15-12-14-5-7-19-12/h3-8H,1-2H3/b10-8+,15-13+. The van der Waals surface area contributed by atoms with Crippen molar-refractivity contribution in [1.82, 2.24) is 14.5 Å². The third-order valence-corrected chi connectivity index (χ3v) is 4.60. The molecule has 2 aromatic heterocycles. The summed E-state index contributed by atoms with van der Waals surface area (Å²) in [7, 11) is 3.68. The van der Waals surface area contributed by atoms with Gasteiger partial charge in [0.25, 0.3) is 5.91 Å². The molecule has 102 valence electrons. The van der Waals surface area contributed by atoms with Gasteiger partial charge in [0.05, 0.1) is 4.91 Å². The van der Waals surface area contributed by atoms with Gasteiger partial charge in [-0.25, -0.2) is 4.98 Å². The molecule has 1 saturated heterocycles. The van der Waals surface area contributed by atoms with E-state index in [2.05, 4.69) is 9.98 Å². The molecular formula is C13H12N4OS2. The van der Waals surface area contributed by atoms with Crippen LogP contribution in [0.3, 0.4) is 0 Å². The molecule has 1 aliphatic rings. The first-order valence-electron chi connectivity index (χ1n) is 5.92. The third-order valence-electron chi connectivity index (χ3n) is 2.88. The van der Waals surface area contributed by atoms with Crippen molar-refractivity contribution in [2.45, 2.75) is 0 Å². The van der Waals surface area contributed by atoms with Gasteiger partial charge in [0, 0.05) is 37.6 Å². The number of aromatic nitrogens is 2. The molecule has 7 heteroatoms. The molecule has 0 unspecified atom stereocenters. The van der Waals surface area contributed by atoms with Crippen LogP contribution in [0, 0.1) is 0 Å². The summed E-state index contributed by atoms with van der Waals surface area (Å²) in [6.07, 6.45) is 5.53. The van der Waals surface area contributed by atoms with E-state index in [1.165, 1.54) is 23.1 Å². The highest BCUT2D eigenvalue weighted by molar-refractivity contribution is 8.18. The SMILES string of the molecule is CN1C(=O)/C(=C\c2cccn2C)S/C1=N/c1nccs1. The summed E-state index contributed by atoms with van der Waals surface area (Å²) in [4.78, 5) is 22.9. The minimum Gasteiger partial charge on any atom is -0.351 e. The summed E-state index contributed by atoms with van der Waals surface area (Å²) in [5.74, 6) is -0.0356. The maximum absolute atomic E-state index is 12.2. The number of hydrogen-bond donors (Lipinski definition) is 0. The summed E-state index contributed by atoms with van der Waals surface area (Å²) < 4.78 is 1.97. The van der Waals surface area contributed by atoms with Crippen molar-refractivity contribution < 1.29 is 4.79 Å². The van der Waals surface area contributed by atoms with Crippen LogP contribution in [0.4, 0.5) is 5.13 Å². The number of nitrogens with zero attached hydrogens (tertiary/aromatic N) is 4. The lowest BCUT2D eigenvalue weighted by Gasteiger charge is -2.05. The Morgan fingerprint density at radius 1 is 1.40 bits per heavy atom. The van der Waals surface area contributed by atoms with Crippen LogP contribution in [0.5, 0.6) is 0 Å². The Kier molecular flexibility index (Phi) is 3.45. The topological polar surface area (TPSA) is 50.5 Å². The third kappa shape index (κ3) is 2.41. The Balaban J connectivity index is 1.91. The molecule has 1 fully saturated rings. The number of thiazole rings is 1. The Labute approximate surface area is 124 Å². The molecular weight excluding hydrogens is 292 g/mol. The summed E-state index contributed by atoms with van der Waals surface area (Å²) in [5, 5.41) is 3.18. The van der Waals surface area contributed by atoms with Gasteiger partial charge in [-0.2, -0.15) is 4.99 Å². The highest BCUT2D eigenvalue weighted by atomic mass is 32.2. The highest BCUT2D eigenvalue weighted by Gasteiger charge is 2.30. The Morgan fingerprint density at radius 2 is 2.25 bits per heavy atom. The smallest absolute Gasteiger partial charge is 0.266 e. The van der Waals surface area contributed by atoms with E-state index in [4.69, 9.17) is 0 Å². The Bertz CT molecular complexity index is 700. The van der Waals surface area contributed by atoms with Gasteiger partial charge in [-0.05, 0) is 30.0 Å². The second-order valence-electron chi connectivity index (χ2n) is 4.23. The van der Waals surface area contributed by atoms with E-state index in [1.807, 2.05) is 41.4 Å². The number of aryl methyl sites for hydroxylation is 1. The predicted octanol–water partition coefficient (Wildman–Crippen LogP) is 2.72. The van der Waals surface area contributed by atoms with E-state index in [0.29, 0.717) is 15.2 Å². The van der Waals surface area contributed by atoms with E-state index in [-0.39, 0.29) is 5.91 Å². The van der Waals surface area contributed by atoms with Crippen molar-refractivity contribution in [2.75, 3.05) is 7.05 Å². The average Bonchev–Trinajstić information content (AvgIpc) is 3.12. The van der Waals surface area contributed by atoms with Gasteiger partial charge in [0.2, 0.25) is 5.13 Å². The van der Waals surface area contributed by atoms with Gasteiger partial charge in [-0.15, -0.1) is 11.3 Å². The van der Waals surface area contributed by atoms with Crippen molar-refractivity contribution in [1.29, 1.82) is 0 Å². The van der Waals surface area contributed by atoms with E-state index >= 15 is 0 Å². The van der Waals surface area contributed by atoms with Crippen LogP contribution >= 0.6 is 23.1 Å². The number of rotatable bonds is 2. The van der Waals surface area contributed by atoms with Crippen molar-refractivity contribution in [3.05, 3.63) is 40.5 Å². The molecule has 20 heavy (non-hydrogen) atoms. The minimum absolute atomic E-state index is 0.0356. The van der Waals surface area contributed by atoms with Gasteiger partial charge in [0.1, 0.15) is 0 Å². The molecule has 2 aromatic rings. The first kappa shape index (κ1) is 13.1. The van der Waals surface area contributed by atoms with Crippen LogP contribution in [-0.2, 0) is 11.8 Å². The zero-order valence-electron chi connectivity index (χ0n) is 11.0. The van der Waals surface area contributed by atoms with E-state index in [1.54, 1.807) is 18.1 Å². The first-order chi connectivity index (χ1) is 9.65.